The maximum atomic E-state index is 12.4. The lowest BCUT2D eigenvalue weighted by atomic mass is 9.99. The Hall–Kier alpha value is -4.46. The zero-order chi connectivity index (χ0) is 25.5. The van der Waals surface area contributed by atoms with Gasteiger partial charge in [-0.15, -0.1) is 0 Å². The molecule has 3 aromatic carbocycles. The van der Waals surface area contributed by atoms with Crippen LogP contribution in [0.3, 0.4) is 0 Å². The Kier molecular flexibility index (Phi) is 7.75. The van der Waals surface area contributed by atoms with Gasteiger partial charge in [-0.05, 0) is 54.3 Å². The topological polar surface area (TPSA) is 100 Å². The van der Waals surface area contributed by atoms with E-state index in [2.05, 4.69) is 31.0 Å². The first-order valence-electron chi connectivity index (χ1n) is 11.7. The monoisotopic (exact) mass is 486 g/mol. The van der Waals surface area contributed by atoms with Crippen LogP contribution in [0.1, 0.15) is 42.9 Å². The summed E-state index contributed by atoms with van der Waals surface area (Å²) in [6.45, 7) is 4.80. The van der Waals surface area contributed by atoms with Crippen molar-refractivity contribution < 1.29 is 23.9 Å². The molecule has 0 spiro atoms. The van der Waals surface area contributed by atoms with Gasteiger partial charge in [-0.2, -0.15) is 0 Å². The normalized spacial score (nSPS) is 14.8. The second-order valence-corrected chi connectivity index (χ2v) is 8.26. The molecule has 4 rings (SSSR count). The molecule has 0 aromatic heterocycles. The summed E-state index contributed by atoms with van der Waals surface area (Å²) >= 11 is 0. The highest BCUT2D eigenvalue weighted by Crippen LogP contribution is 2.29. The molecule has 0 saturated heterocycles. The lowest BCUT2D eigenvalue weighted by Gasteiger charge is -2.12. The van der Waals surface area contributed by atoms with E-state index in [0.717, 1.165) is 12.2 Å². The van der Waals surface area contributed by atoms with Crippen LogP contribution >= 0.6 is 0 Å². The van der Waals surface area contributed by atoms with E-state index in [1.807, 2.05) is 30.3 Å². The van der Waals surface area contributed by atoms with Crippen LogP contribution in [-0.2, 0) is 9.53 Å². The summed E-state index contributed by atoms with van der Waals surface area (Å²) < 4.78 is 16.9. The number of nitrogens with zero attached hydrogens (tertiary/aromatic N) is 2. The molecule has 1 aliphatic rings. The molecule has 0 aliphatic carbocycles. The third kappa shape index (κ3) is 5.96. The van der Waals surface area contributed by atoms with Gasteiger partial charge in [-0.3, -0.25) is 10.1 Å². The van der Waals surface area contributed by atoms with Gasteiger partial charge in [-0.25, -0.2) is 9.79 Å². The lowest BCUT2D eigenvalue weighted by molar-refractivity contribution is -0.384. The van der Waals surface area contributed by atoms with Crippen LogP contribution in [0.4, 0.5) is 5.69 Å². The van der Waals surface area contributed by atoms with E-state index in [1.165, 1.54) is 29.8 Å². The molecule has 1 aliphatic heterocycles. The molecule has 0 N–H and O–H groups in total. The molecule has 36 heavy (non-hydrogen) atoms. The average molecular weight is 487 g/mol. The summed E-state index contributed by atoms with van der Waals surface area (Å²) in [5.74, 6) is 1.11. The molecule has 1 atom stereocenters. The SMILES string of the molecule is CC[C@@H](C)c1ccc(OCCOc2ccc([N+](=O)[O-])cc2/C=C2\N=C(c3ccccc3)OC2=O)cc1. The highest BCUT2D eigenvalue weighted by atomic mass is 16.6. The van der Waals surface area contributed by atoms with E-state index >= 15 is 0 Å². The average Bonchev–Trinajstić information content (AvgIpc) is 3.27. The van der Waals surface area contributed by atoms with Crippen LogP contribution in [-0.4, -0.2) is 30.0 Å². The van der Waals surface area contributed by atoms with Gasteiger partial charge < -0.3 is 14.2 Å². The van der Waals surface area contributed by atoms with Crippen molar-refractivity contribution in [3.8, 4) is 11.5 Å². The molecule has 8 heteroatoms. The largest absolute Gasteiger partial charge is 0.490 e. The third-order valence-electron chi connectivity index (χ3n) is 5.81. The van der Waals surface area contributed by atoms with Crippen molar-refractivity contribution in [2.75, 3.05) is 13.2 Å². The molecule has 0 amide bonds. The summed E-state index contributed by atoms with van der Waals surface area (Å²) in [4.78, 5) is 27.5. The van der Waals surface area contributed by atoms with Gasteiger partial charge in [0.1, 0.15) is 24.7 Å². The number of cyclic esters (lactones) is 1. The summed E-state index contributed by atoms with van der Waals surface area (Å²) in [7, 11) is 0. The van der Waals surface area contributed by atoms with Gasteiger partial charge in [0.2, 0.25) is 5.90 Å². The van der Waals surface area contributed by atoms with Crippen LogP contribution < -0.4 is 9.47 Å². The summed E-state index contributed by atoms with van der Waals surface area (Å²) in [6, 6.07) is 21.1. The Morgan fingerprint density at radius 1 is 1.03 bits per heavy atom. The Labute approximate surface area is 209 Å². The van der Waals surface area contributed by atoms with Crippen molar-refractivity contribution >= 4 is 23.6 Å². The van der Waals surface area contributed by atoms with E-state index in [0.29, 0.717) is 22.8 Å². The number of hydrogen-bond acceptors (Lipinski definition) is 7. The predicted octanol–water partition coefficient (Wildman–Crippen LogP) is 5.91. The van der Waals surface area contributed by atoms with Crippen molar-refractivity contribution in [2.45, 2.75) is 26.2 Å². The molecule has 0 unspecified atom stereocenters. The van der Waals surface area contributed by atoms with Gasteiger partial charge in [0.15, 0.2) is 5.70 Å². The Bertz CT molecular complexity index is 1300. The Morgan fingerprint density at radius 3 is 2.44 bits per heavy atom. The van der Waals surface area contributed by atoms with E-state index in [9.17, 15) is 14.9 Å². The van der Waals surface area contributed by atoms with E-state index < -0.39 is 10.9 Å². The number of nitro benzene ring substituents is 1. The molecule has 1 heterocycles. The molecule has 0 fully saturated rings. The Morgan fingerprint density at radius 2 is 1.75 bits per heavy atom. The smallest absolute Gasteiger partial charge is 0.363 e. The van der Waals surface area contributed by atoms with Crippen LogP contribution in [0.25, 0.3) is 6.08 Å². The van der Waals surface area contributed by atoms with Gasteiger partial charge in [0, 0.05) is 23.3 Å². The number of nitro groups is 1. The van der Waals surface area contributed by atoms with Gasteiger partial charge in [0.25, 0.3) is 5.69 Å². The van der Waals surface area contributed by atoms with Crippen molar-refractivity contribution in [2.24, 2.45) is 4.99 Å². The highest BCUT2D eigenvalue weighted by Gasteiger charge is 2.25. The Balaban J connectivity index is 1.47. The predicted molar refractivity (Wildman–Crippen MR) is 136 cm³/mol. The van der Waals surface area contributed by atoms with Crippen LogP contribution in [0.15, 0.2) is 83.5 Å². The summed E-state index contributed by atoms with van der Waals surface area (Å²) in [6.07, 6.45) is 2.49. The second-order valence-electron chi connectivity index (χ2n) is 8.26. The van der Waals surface area contributed by atoms with E-state index in [1.54, 1.807) is 12.1 Å². The fraction of sp³-hybridized carbons (Fsp3) is 0.214. The molecular weight excluding hydrogens is 460 g/mol. The van der Waals surface area contributed by atoms with Crippen LogP contribution in [0.5, 0.6) is 11.5 Å². The van der Waals surface area contributed by atoms with E-state index in [4.69, 9.17) is 14.2 Å². The van der Waals surface area contributed by atoms with Crippen LogP contribution in [0, 0.1) is 10.1 Å². The zero-order valence-electron chi connectivity index (χ0n) is 20.0. The number of hydrogen-bond donors (Lipinski definition) is 0. The van der Waals surface area contributed by atoms with Crippen molar-refractivity contribution in [1.29, 1.82) is 0 Å². The standard InChI is InChI=1S/C28H26N2O6/c1-3-19(2)20-9-12-24(13-10-20)34-15-16-35-26-14-11-23(30(32)33)17-22(26)18-25-28(31)36-27(29-25)21-7-5-4-6-8-21/h4-14,17-19H,3,15-16H2,1-2H3/b25-18-/t19-/m1/s1. The van der Waals surface area contributed by atoms with Gasteiger partial charge >= 0.3 is 5.97 Å². The highest BCUT2D eigenvalue weighted by molar-refractivity contribution is 6.12. The molecule has 0 radical (unpaired) electrons. The van der Waals surface area contributed by atoms with Crippen molar-refractivity contribution in [3.05, 3.63) is 105 Å². The quantitative estimate of drug-likeness (QED) is 0.116. The second kappa shape index (κ2) is 11.3. The molecule has 184 valence electrons. The first-order valence-corrected chi connectivity index (χ1v) is 11.7. The summed E-state index contributed by atoms with van der Waals surface area (Å²) in [5.41, 5.74) is 2.14. The zero-order valence-corrected chi connectivity index (χ0v) is 20.0. The number of non-ortho nitro benzene ring substituents is 1. The molecular formula is C28H26N2O6. The third-order valence-corrected chi connectivity index (χ3v) is 5.81. The maximum Gasteiger partial charge on any atom is 0.363 e. The molecule has 0 bridgehead atoms. The number of carbonyl (C=O) groups is 1. The number of ether oxygens (including phenoxy) is 3. The van der Waals surface area contributed by atoms with Gasteiger partial charge in [0.05, 0.1) is 4.92 Å². The number of rotatable bonds is 10. The minimum Gasteiger partial charge on any atom is -0.490 e. The molecule has 3 aromatic rings. The first-order chi connectivity index (χ1) is 17.4. The molecule has 8 nitrogen and oxygen atoms in total. The van der Waals surface area contributed by atoms with Crippen molar-refractivity contribution in [1.82, 2.24) is 0 Å². The molecule has 0 saturated carbocycles. The van der Waals surface area contributed by atoms with Gasteiger partial charge in [-0.1, -0.05) is 44.2 Å². The lowest BCUT2D eigenvalue weighted by Crippen LogP contribution is -2.10. The number of carbonyl (C=O) groups excluding carboxylic acids is 1. The maximum absolute atomic E-state index is 12.4. The summed E-state index contributed by atoms with van der Waals surface area (Å²) in [5, 5.41) is 11.3. The van der Waals surface area contributed by atoms with E-state index in [-0.39, 0.29) is 30.5 Å². The minimum atomic E-state index is -0.643. The first kappa shape index (κ1) is 24.7. The fourth-order valence-corrected chi connectivity index (χ4v) is 3.59. The van der Waals surface area contributed by atoms with Crippen molar-refractivity contribution in [3.63, 3.8) is 0 Å². The number of aliphatic imine (C=N–C) groups is 1. The number of esters is 1. The number of benzene rings is 3. The minimum absolute atomic E-state index is 0.0249. The van der Waals surface area contributed by atoms with Crippen LogP contribution in [0.2, 0.25) is 0 Å². The fourth-order valence-electron chi connectivity index (χ4n) is 3.59.